The van der Waals surface area contributed by atoms with Crippen LogP contribution < -0.4 is 5.32 Å². The topological polar surface area (TPSA) is 41.5 Å². The number of hydrogen-bond acceptors (Lipinski definition) is 3. The first kappa shape index (κ1) is 11.1. The highest BCUT2D eigenvalue weighted by Gasteiger charge is 2.34. The smallest absolute Gasteiger partial charge is 0.0897 e. The second-order valence-corrected chi connectivity index (χ2v) is 4.81. The molecule has 2 rings (SSSR count). The minimum absolute atomic E-state index is 0.371. The Bertz CT molecular complexity index is 230. The number of hydrogen-bond donors (Lipinski definition) is 2. The maximum absolute atomic E-state index is 9.45. The second-order valence-electron chi connectivity index (χ2n) is 4.81. The summed E-state index contributed by atoms with van der Waals surface area (Å²) in [7, 11) is 1.62. The van der Waals surface area contributed by atoms with Crippen LogP contribution in [-0.4, -0.2) is 38.0 Å². The van der Waals surface area contributed by atoms with E-state index in [1.165, 1.54) is 12.8 Å². The highest BCUT2D eigenvalue weighted by molar-refractivity contribution is 5.10. The molecule has 4 unspecified atom stereocenters. The molecule has 2 bridgehead atoms. The zero-order valence-electron chi connectivity index (χ0n) is 9.36. The summed E-state index contributed by atoms with van der Waals surface area (Å²) in [4.78, 5) is 0. The fourth-order valence-electron chi connectivity index (χ4n) is 2.82. The molecule has 15 heavy (non-hydrogen) atoms. The van der Waals surface area contributed by atoms with Crippen molar-refractivity contribution in [1.29, 1.82) is 0 Å². The fourth-order valence-corrected chi connectivity index (χ4v) is 2.82. The van der Waals surface area contributed by atoms with Gasteiger partial charge in [-0.05, 0) is 37.1 Å². The van der Waals surface area contributed by atoms with Gasteiger partial charge in [0.2, 0.25) is 0 Å². The summed E-state index contributed by atoms with van der Waals surface area (Å²) in [6, 6.07) is 0. The molecule has 2 N–H and O–H groups in total. The van der Waals surface area contributed by atoms with Gasteiger partial charge < -0.3 is 15.2 Å². The number of fused-ring (bicyclic) bond motifs is 2. The summed E-state index contributed by atoms with van der Waals surface area (Å²) in [6.45, 7) is 2.10. The molecule has 3 nitrogen and oxygen atoms in total. The monoisotopic (exact) mass is 211 g/mol. The maximum Gasteiger partial charge on any atom is 0.0897 e. The molecule has 0 spiro atoms. The average molecular weight is 211 g/mol. The Morgan fingerprint density at radius 3 is 2.93 bits per heavy atom. The third-order valence-corrected chi connectivity index (χ3v) is 3.56. The van der Waals surface area contributed by atoms with Crippen LogP contribution in [0.4, 0.5) is 0 Å². The minimum Gasteiger partial charge on any atom is -0.389 e. The maximum atomic E-state index is 9.45. The Kier molecular flexibility index (Phi) is 3.78. The minimum atomic E-state index is -0.371. The number of allylic oxidation sites excluding steroid dienone is 2. The summed E-state index contributed by atoms with van der Waals surface area (Å²) in [6.07, 6.45) is 7.04. The Morgan fingerprint density at radius 2 is 2.33 bits per heavy atom. The molecule has 4 atom stereocenters. The van der Waals surface area contributed by atoms with Crippen LogP contribution in [0.15, 0.2) is 12.2 Å². The average Bonchev–Trinajstić information content (AvgIpc) is 2.79. The van der Waals surface area contributed by atoms with Gasteiger partial charge in [0.15, 0.2) is 0 Å². The van der Waals surface area contributed by atoms with Crippen LogP contribution in [0.25, 0.3) is 0 Å². The molecule has 3 heteroatoms. The summed E-state index contributed by atoms with van der Waals surface area (Å²) in [5, 5.41) is 12.8. The SMILES string of the molecule is COCC(O)CNCC1CC2C=CC1C2. The van der Waals surface area contributed by atoms with Crippen molar-refractivity contribution in [3.63, 3.8) is 0 Å². The standard InChI is InChI=1S/C12H21NO2/c1-15-8-12(14)7-13-6-11-5-9-2-3-10(11)4-9/h2-3,9-14H,4-8H2,1H3. The Hall–Kier alpha value is -0.380. The predicted molar refractivity (Wildman–Crippen MR) is 59.6 cm³/mol. The van der Waals surface area contributed by atoms with Crippen molar-refractivity contribution in [2.75, 3.05) is 26.8 Å². The number of aliphatic hydroxyl groups is 1. The van der Waals surface area contributed by atoms with Gasteiger partial charge in [-0.2, -0.15) is 0 Å². The number of nitrogens with one attached hydrogen (secondary N) is 1. The van der Waals surface area contributed by atoms with E-state index in [2.05, 4.69) is 17.5 Å². The lowest BCUT2D eigenvalue weighted by Crippen LogP contribution is -2.34. The van der Waals surface area contributed by atoms with E-state index in [0.717, 1.165) is 24.3 Å². The van der Waals surface area contributed by atoms with Crippen LogP contribution in [0.3, 0.4) is 0 Å². The molecule has 0 radical (unpaired) electrons. The van der Waals surface area contributed by atoms with Crippen molar-refractivity contribution >= 4 is 0 Å². The van der Waals surface area contributed by atoms with Gasteiger partial charge in [0.05, 0.1) is 12.7 Å². The molecule has 86 valence electrons. The first-order chi connectivity index (χ1) is 7.29. The molecular formula is C12H21NO2. The van der Waals surface area contributed by atoms with Crippen molar-refractivity contribution in [2.45, 2.75) is 18.9 Å². The van der Waals surface area contributed by atoms with Gasteiger partial charge in [0.1, 0.15) is 0 Å². The molecule has 2 aliphatic carbocycles. The number of rotatable bonds is 6. The van der Waals surface area contributed by atoms with E-state index in [1.807, 2.05) is 0 Å². The summed E-state index contributed by atoms with van der Waals surface area (Å²) >= 11 is 0. The van der Waals surface area contributed by atoms with E-state index < -0.39 is 0 Å². The van der Waals surface area contributed by atoms with Crippen LogP contribution in [0.1, 0.15) is 12.8 Å². The van der Waals surface area contributed by atoms with E-state index in [-0.39, 0.29) is 6.10 Å². The summed E-state index contributed by atoms with van der Waals surface area (Å²) in [5.41, 5.74) is 0. The van der Waals surface area contributed by atoms with Crippen molar-refractivity contribution in [3.8, 4) is 0 Å². The number of aliphatic hydroxyl groups excluding tert-OH is 1. The lowest BCUT2D eigenvalue weighted by Gasteiger charge is -2.19. The number of ether oxygens (including phenoxy) is 1. The predicted octanol–water partition coefficient (Wildman–Crippen LogP) is 0.795. The Morgan fingerprint density at radius 1 is 1.47 bits per heavy atom. The van der Waals surface area contributed by atoms with Crippen molar-refractivity contribution in [2.24, 2.45) is 17.8 Å². The van der Waals surface area contributed by atoms with Crippen LogP contribution in [0.5, 0.6) is 0 Å². The lowest BCUT2D eigenvalue weighted by molar-refractivity contribution is 0.0638. The van der Waals surface area contributed by atoms with Crippen LogP contribution in [0.2, 0.25) is 0 Å². The fraction of sp³-hybridized carbons (Fsp3) is 0.833. The summed E-state index contributed by atoms with van der Waals surface area (Å²) in [5.74, 6) is 2.42. The highest BCUT2D eigenvalue weighted by Crippen LogP contribution is 2.42. The van der Waals surface area contributed by atoms with Gasteiger partial charge in [-0.15, -0.1) is 0 Å². The van der Waals surface area contributed by atoms with Gasteiger partial charge in [-0.1, -0.05) is 12.2 Å². The molecule has 0 saturated heterocycles. The number of methoxy groups -OCH3 is 1. The van der Waals surface area contributed by atoms with E-state index >= 15 is 0 Å². The molecule has 0 heterocycles. The van der Waals surface area contributed by atoms with Gasteiger partial charge in [0.25, 0.3) is 0 Å². The van der Waals surface area contributed by atoms with Crippen molar-refractivity contribution in [3.05, 3.63) is 12.2 Å². The zero-order valence-corrected chi connectivity index (χ0v) is 9.36. The largest absolute Gasteiger partial charge is 0.389 e. The first-order valence-corrected chi connectivity index (χ1v) is 5.85. The highest BCUT2D eigenvalue weighted by atomic mass is 16.5. The molecule has 1 saturated carbocycles. The molecule has 0 aromatic carbocycles. The van der Waals surface area contributed by atoms with E-state index in [1.54, 1.807) is 7.11 Å². The molecule has 0 aromatic rings. The quantitative estimate of drug-likeness (QED) is 0.638. The molecule has 1 fully saturated rings. The van der Waals surface area contributed by atoms with Crippen LogP contribution in [-0.2, 0) is 4.74 Å². The van der Waals surface area contributed by atoms with E-state index in [4.69, 9.17) is 4.74 Å². The third kappa shape index (κ3) is 2.80. The van der Waals surface area contributed by atoms with Gasteiger partial charge >= 0.3 is 0 Å². The molecule has 0 aliphatic heterocycles. The van der Waals surface area contributed by atoms with E-state index in [9.17, 15) is 5.11 Å². The molecule has 0 aromatic heterocycles. The Labute approximate surface area is 91.5 Å². The third-order valence-electron chi connectivity index (χ3n) is 3.56. The second kappa shape index (κ2) is 5.10. The van der Waals surface area contributed by atoms with Crippen molar-refractivity contribution in [1.82, 2.24) is 5.32 Å². The molecule has 2 aliphatic rings. The molecular weight excluding hydrogens is 190 g/mol. The lowest BCUT2D eigenvalue weighted by atomic mass is 9.93. The summed E-state index contributed by atoms with van der Waals surface area (Å²) < 4.78 is 4.87. The van der Waals surface area contributed by atoms with Crippen molar-refractivity contribution < 1.29 is 9.84 Å². The van der Waals surface area contributed by atoms with Gasteiger partial charge in [0, 0.05) is 13.7 Å². The zero-order chi connectivity index (χ0) is 10.7. The van der Waals surface area contributed by atoms with Crippen LogP contribution in [0, 0.1) is 17.8 Å². The molecule has 0 amide bonds. The Balaban J connectivity index is 1.61. The van der Waals surface area contributed by atoms with Gasteiger partial charge in [-0.25, -0.2) is 0 Å². The normalized spacial score (nSPS) is 34.9. The van der Waals surface area contributed by atoms with Gasteiger partial charge in [-0.3, -0.25) is 0 Å². The van der Waals surface area contributed by atoms with E-state index in [0.29, 0.717) is 13.2 Å². The van der Waals surface area contributed by atoms with Crippen LogP contribution >= 0.6 is 0 Å². The first-order valence-electron chi connectivity index (χ1n) is 5.85.